The summed E-state index contributed by atoms with van der Waals surface area (Å²) < 4.78 is 11.0. The van der Waals surface area contributed by atoms with E-state index >= 15 is 0 Å². The zero-order chi connectivity index (χ0) is 19.3. The minimum Gasteiger partial charge on any atom is -0.441 e. The van der Waals surface area contributed by atoms with Crippen molar-refractivity contribution < 1.29 is 13.7 Å². The number of anilines is 1. The van der Waals surface area contributed by atoms with Crippen molar-refractivity contribution in [2.24, 2.45) is 0 Å². The number of rotatable bonds is 3. The van der Waals surface area contributed by atoms with Gasteiger partial charge in [0, 0.05) is 38.2 Å². The highest BCUT2D eigenvalue weighted by molar-refractivity contribution is 5.91. The summed E-state index contributed by atoms with van der Waals surface area (Å²) >= 11 is 0. The van der Waals surface area contributed by atoms with Gasteiger partial charge in [0.1, 0.15) is 11.6 Å². The normalized spacial score (nSPS) is 20.6. The highest BCUT2D eigenvalue weighted by Gasteiger charge is 2.35. The van der Waals surface area contributed by atoms with Gasteiger partial charge in [-0.15, -0.1) is 0 Å². The Hall–Kier alpha value is -2.94. The number of aromatic nitrogens is 3. The number of carbonyl (C=O) groups is 1. The Balaban J connectivity index is 1.29. The van der Waals surface area contributed by atoms with Crippen molar-refractivity contribution in [1.29, 1.82) is 0 Å². The number of hydrogen-bond acceptors (Lipinski definition) is 7. The van der Waals surface area contributed by atoms with Crippen LogP contribution in [0.1, 0.15) is 42.4 Å². The maximum absolute atomic E-state index is 12.8. The molecule has 2 aliphatic rings. The summed E-state index contributed by atoms with van der Waals surface area (Å²) in [6, 6.07) is 5.20. The van der Waals surface area contributed by atoms with E-state index in [-0.39, 0.29) is 12.1 Å². The molecule has 0 bridgehead atoms. The van der Waals surface area contributed by atoms with E-state index in [1.165, 1.54) is 0 Å². The van der Waals surface area contributed by atoms with Gasteiger partial charge in [-0.2, -0.15) is 4.98 Å². The quantitative estimate of drug-likeness (QED) is 0.743. The van der Waals surface area contributed by atoms with E-state index in [1.807, 2.05) is 25.2 Å². The molecule has 1 N–H and O–H groups in total. The highest BCUT2D eigenvalue weighted by atomic mass is 16.5. The molecule has 28 heavy (non-hydrogen) atoms. The zero-order valence-corrected chi connectivity index (χ0v) is 15.9. The average molecular weight is 382 g/mol. The van der Waals surface area contributed by atoms with Crippen LogP contribution in [0.15, 0.2) is 27.1 Å². The molecule has 1 aliphatic heterocycles. The number of nitrogens with zero attached hydrogens (tertiary/aromatic N) is 5. The summed E-state index contributed by atoms with van der Waals surface area (Å²) in [7, 11) is 2.02. The fraction of sp³-hybridized carbons (Fsp3) is 0.474. The molecule has 2 amide bonds. The molecule has 5 rings (SSSR count). The van der Waals surface area contributed by atoms with E-state index in [0.717, 1.165) is 30.7 Å². The zero-order valence-electron chi connectivity index (χ0n) is 15.9. The maximum atomic E-state index is 12.8. The van der Waals surface area contributed by atoms with Crippen LogP contribution in [0, 0.1) is 6.92 Å². The van der Waals surface area contributed by atoms with Gasteiger partial charge in [0.05, 0.1) is 0 Å². The lowest BCUT2D eigenvalue weighted by atomic mass is 10.2. The molecule has 0 radical (unpaired) electrons. The maximum Gasteiger partial charge on any atom is 0.321 e. The van der Waals surface area contributed by atoms with E-state index < -0.39 is 0 Å². The molecule has 1 atom stereocenters. The smallest absolute Gasteiger partial charge is 0.321 e. The molecule has 9 nitrogen and oxygen atoms in total. The topological polar surface area (TPSA) is 101 Å². The molecule has 1 saturated carbocycles. The summed E-state index contributed by atoms with van der Waals surface area (Å²) in [5.74, 6) is 2.42. The molecule has 1 aromatic carbocycles. The molecule has 9 heteroatoms. The third-order valence-corrected chi connectivity index (χ3v) is 5.37. The van der Waals surface area contributed by atoms with Crippen molar-refractivity contribution in [2.45, 2.75) is 31.7 Å². The Morgan fingerprint density at radius 1 is 1.25 bits per heavy atom. The van der Waals surface area contributed by atoms with Gasteiger partial charge in [-0.05, 0) is 38.1 Å². The number of aryl methyl sites for hydroxylation is 1. The van der Waals surface area contributed by atoms with Gasteiger partial charge in [0.25, 0.3) is 0 Å². The lowest BCUT2D eigenvalue weighted by molar-refractivity contribution is 0.0960. The molecule has 3 heterocycles. The van der Waals surface area contributed by atoms with E-state index in [9.17, 15) is 4.79 Å². The van der Waals surface area contributed by atoms with Gasteiger partial charge in [0.15, 0.2) is 17.3 Å². The van der Waals surface area contributed by atoms with Crippen LogP contribution in [0.25, 0.3) is 11.1 Å². The second kappa shape index (κ2) is 6.59. The average Bonchev–Trinajstić information content (AvgIpc) is 3.29. The largest absolute Gasteiger partial charge is 0.441 e. The van der Waals surface area contributed by atoms with Crippen LogP contribution in [-0.2, 0) is 0 Å². The number of piperazine rings is 1. The van der Waals surface area contributed by atoms with E-state index in [0.29, 0.717) is 42.1 Å². The van der Waals surface area contributed by atoms with E-state index in [2.05, 4.69) is 25.3 Å². The summed E-state index contributed by atoms with van der Waals surface area (Å²) in [5.41, 5.74) is 2.12. The molecule has 2 fully saturated rings. The number of oxazole rings is 1. The van der Waals surface area contributed by atoms with Gasteiger partial charge in [0.2, 0.25) is 5.89 Å². The highest BCUT2D eigenvalue weighted by Crippen LogP contribution is 2.38. The first kappa shape index (κ1) is 17.2. The second-order valence-electron chi connectivity index (χ2n) is 7.55. The summed E-state index contributed by atoms with van der Waals surface area (Å²) in [5, 5.41) is 7.06. The van der Waals surface area contributed by atoms with Crippen molar-refractivity contribution in [2.75, 3.05) is 32.0 Å². The molecule has 1 saturated heterocycles. The first-order valence-corrected chi connectivity index (χ1v) is 9.53. The monoisotopic (exact) mass is 382 g/mol. The molecule has 1 aliphatic carbocycles. The third-order valence-electron chi connectivity index (χ3n) is 5.37. The van der Waals surface area contributed by atoms with Crippen molar-refractivity contribution >= 4 is 22.8 Å². The Kier molecular flexibility index (Phi) is 4.04. The first-order chi connectivity index (χ1) is 13.6. The number of benzene rings is 1. The van der Waals surface area contributed by atoms with E-state index in [4.69, 9.17) is 8.94 Å². The Labute approximate surface area is 161 Å². The molecule has 1 unspecified atom stereocenters. The predicted octanol–water partition coefficient (Wildman–Crippen LogP) is 2.92. The minimum atomic E-state index is -0.153. The van der Waals surface area contributed by atoms with Crippen LogP contribution in [-0.4, -0.2) is 57.6 Å². The summed E-state index contributed by atoms with van der Waals surface area (Å²) in [6.45, 7) is 3.67. The van der Waals surface area contributed by atoms with Gasteiger partial charge < -0.3 is 19.2 Å². The van der Waals surface area contributed by atoms with Gasteiger partial charge in [-0.3, -0.25) is 4.90 Å². The summed E-state index contributed by atoms with van der Waals surface area (Å²) in [6.07, 6.45) is 2.26. The van der Waals surface area contributed by atoms with E-state index in [1.54, 1.807) is 11.8 Å². The number of carbonyl (C=O) groups excluding carboxylic acids is 1. The minimum absolute atomic E-state index is 0.0971. The van der Waals surface area contributed by atoms with Crippen molar-refractivity contribution in [1.82, 2.24) is 24.9 Å². The molecule has 3 aromatic rings. The molecular weight excluding hydrogens is 360 g/mol. The van der Waals surface area contributed by atoms with Crippen LogP contribution in [0.5, 0.6) is 0 Å². The first-order valence-electron chi connectivity index (χ1n) is 9.53. The van der Waals surface area contributed by atoms with Gasteiger partial charge >= 0.3 is 6.03 Å². The molecule has 2 aromatic heterocycles. The van der Waals surface area contributed by atoms with Crippen LogP contribution in [0.3, 0.4) is 0 Å². The van der Waals surface area contributed by atoms with Crippen LogP contribution in [0.4, 0.5) is 10.5 Å². The predicted molar refractivity (Wildman–Crippen MR) is 101 cm³/mol. The van der Waals surface area contributed by atoms with Crippen molar-refractivity contribution in [3.63, 3.8) is 0 Å². The van der Waals surface area contributed by atoms with Crippen LogP contribution < -0.4 is 5.32 Å². The summed E-state index contributed by atoms with van der Waals surface area (Å²) in [4.78, 5) is 25.6. The molecular formula is C19H22N6O3. The number of nitrogens with one attached hydrogen (secondary N) is 1. The number of hydrogen-bond donors (Lipinski definition) is 1. The lowest BCUT2D eigenvalue weighted by Gasteiger charge is -2.37. The Bertz CT molecular complexity index is 1020. The Morgan fingerprint density at radius 3 is 2.93 bits per heavy atom. The molecule has 146 valence electrons. The van der Waals surface area contributed by atoms with Crippen LogP contribution >= 0.6 is 0 Å². The number of urea groups is 1. The van der Waals surface area contributed by atoms with Crippen molar-refractivity contribution in [3.8, 4) is 0 Å². The lowest BCUT2D eigenvalue weighted by Crippen LogP contribution is -2.50. The van der Waals surface area contributed by atoms with Gasteiger partial charge in [-0.1, -0.05) is 5.16 Å². The number of likely N-dealkylation sites (N-methyl/N-ethyl adjacent to an activating group) is 1. The number of amides is 2. The standard InChI is InChI=1S/C19H22N6O3/c1-11-20-14-9-13(5-6-16(14)27-11)21-19(26)25-8-7-24(2)15(10-25)18-22-17(23-28-18)12-3-4-12/h5-6,9,12,15H,3-4,7-8,10H2,1-2H3,(H,21,26). The SMILES string of the molecule is Cc1nc2cc(NC(=O)N3CCN(C)C(c4nc(C5CC5)no4)C3)ccc2o1. The van der Waals surface area contributed by atoms with Gasteiger partial charge in [-0.25, -0.2) is 9.78 Å². The number of fused-ring (bicyclic) bond motifs is 1. The fourth-order valence-electron chi connectivity index (χ4n) is 3.54. The third kappa shape index (κ3) is 3.22. The second-order valence-corrected chi connectivity index (χ2v) is 7.55. The fourth-order valence-corrected chi connectivity index (χ4v) is 3.54. The molecule has 0 spiro atoms. The van der Waals surface area contributed by atoms with Crippen molar-refractivity contribution in [3.05, 3.63) is 35.8 Å². The Morgan fingerprint density at radius 2 is 2.11 bits per heavy atom. The van der Waals surface area contributed by atoms with Crippen LogP contribution in [0.2, 0.25) is 0 Å².